The predicted octanol–water partition coefficient (Wildman–Crippen LogP) is -3.73. The van der Waals surface area contributed by atoms with Crippen molar-refractivity contribution in [3.05, 3.63) is 35.9 Å². The number of nitrogens with zero attached hydrogens (tertiary/aromatic N) is 4. The van der Waals surface area contributed by atoms with Gasteiger partial charge in [-0.3, -0.25) is 14.6 Å². The molecule has 0 bridgehead atoms. The molecule has 1 amide bonds. The monoisotopic (exact) mass is 443 g/mol. The normalized spacial score (nSPS) is 15.5. The molecule has 0 aliphatic carbocycles. The number of quaternary nitrogens is 1. The van der Waals surface area contributed by atoms with E-state index in [1.54, 1.807) is 0 Å². The summed E-state index contributed by atoms with van der Waals surface area (Å²) in [5.41, 5.74) is 0.924. The third-order valence-electron chi connectivity index (χ3n) is 4.19. The number of rotatable bonds is 5. The number of anilines is 1. The molecule has 13 heteroatoms. The largest absolute Gasteiger partial charge is 0.467 e. The van der Waals surface area contributed by atoms with E-state index in [4.69, 9.17) is 28.1 Å². The van der Waals surface area contributed by atoms with Crippen molar-refractivity contribution in [1.29, 1.82) is 0 Å². The second kappa shape index (κ2) is 10.5. The van der Waals surface area contributed by atoms with Gasteiger partial charge in [0.2, 0.25) is 11.9 Å². The number of aromatic nitrogens is 3. The van der Waals surface area contributed by atoms with Gasteiger partial charge in [-0.15, -0.1) is 20.2 Å². The molecule has 0 saturated carbocycles. The molecule has 12 nitrogen and oxygen atoms in total. The van der Waals surface area contributed by atoms with E-state index in [1.807, 2.05) is 37.4 Å². The van der Waals surface area contributed by atoms with Gasteiger partial charge >= 0.3 is 12.0 Å². The Bertz CT molecular complexity index is 823. The van der Waals surface area contributed by atoms with Gasteiger partial charge in [0.1, 0.15) is 13.1 Å². The Labute approximate surface area is 175 Å². The number of morpholine rings is 1. The van der Waals surface area contributed by atoms with E-state index in [9.17, 15) is 4.79 Å². The van der Waals surface area contributed by atoms with Gasteiger partial charge in [-0.1, -0.05) is 30.3 Å². The lowest BCUT2D eigenvalue weighted by molar-refractivity contribution is -2.00. The van der Waals surface area contributed by atoms with Gasteiger partial charge < -0.3 is 9.47 Å². The first kappa shape index (κ1) is 23.8. The molecule has 1 aromatic carbocycles. The van der Waals surface area contributed by atoms with E-state index >= 15 is 0 Å². The van der Waals surface area contributed by atoms with Crippen molar-refractivity contribution in [2.24, 2.45) is 0 Å². The summed E-state index contributed by atoms with van der Waals surface area (Å²) >= 11 is 0. The van der Waals surface area contributed by atoms with E-state index in [0.29, 0.717) is 23.6 Å². The number of carbonyl (C=O) groups excluding carboxylic acids is 1. The van der Waals surface area contributed by atoms with Crippen molar-refractivity contribution in [3.8, 4) is 6.01 Å². The number of benzene rings is 1. The van der Waals surface area contributed by atoms with Crippen LogP contribution in [-0.4, -0.2) is 61.3 Å². The van der Waals surface area contributed by atoms with Gasteiger partial charge in [-0.25, -0.2) is 18.6 Å². The second-order valence-corrected chi connectivity index (χ2v) is 7.25. The molecule has 0 atom stereocenters. The van der Waals surface area contributed by atoms with Crippen LogP contribution in [0.5, 0.6) is 6.01 Å². The molecular weight excluding hydrogens is 422 g/mol. The van der Waals surface area contributed by atoms with Crippen molar-refractivity contribution in [3.63, 3.8) is 0 Å². The fraction of sp³-hybridized carbons (Fsp3) is 0.412. The zero-order valence-corrected chi connectivity index (χ0v) is 17.2. The van der Waals surface area contributed by atoms with Crippen molar-refractivity contribution in [1.82, 2.24) is 19.4 Å². The Morgan fingerprint density at radius 1 is 1.13 bits per heavy atom. The number of hydrogen-bond donors (Lipinski definition) is 1. The molecule has 1 aliphatic heterocycles. The van der Waals surface area contributed by atoms with Gasteiger partial charge in [-0.2, -0.15) is 4.98 Å². The lowest BCUT2D eigenvalue weighted by Gasteiger charge is -2.34. The number of halogens is 1. The van der Waals surface area contributed by atoms with Gasteiger partial charge in [0.25, 0.3) is 0 Å². The maximum Gasteiger partial charge on any atom is 0.336 e. The maximum absolute atomic E-state index is 12.3. The van der Waals surface area contributed by atoms with Crippen LogP contribution in [0, 0.1) is 10.2 Å². The van der Waals surface area contributed by atoms with E-state index in [1.165, 1.54) is 7.11 Å². The standard InChI is InChI=1S/C17H21N5O3.ClHO4/c1-22(8-10-25-11-9-22)16-19-15(20-17(21-16)24-2)18-14(23)12-13-6-4-3-5-7-13;2-1(3,4)5/h3-7H,8-12H2,1-2H3;(H,2,3,4,5). The van der Waals surface area contributed by atoms with E-state index in [0.717, 1.165) is 18.7 Å². The number of carbonyl (C=O) groups is 1. The number of hydrogen-bond acceptors (Lipinski definition) is 10. The van der Waals surface area contributed by atoms with Crippen LogP contribution in [0.25, 0.3) is 0 Å². The molecule has 1 aliphatic rings. The van der Waals surface area contributed by atoms with E-state index in [-0.39, 0.29) is 24.3 Å². The Morgan fingerprint density at radius 3 is 2.30 bits per heavy atom. The smallest absolute Gasteiger partial charge is 0.336 e. The minimum atomic E-state index is -4.94. The number of ether oxygens (including phenoxy) is 2. The zero-order valence-electron chi connectivity index (χ0n) is 16.4. The summed E-state index contributed by atoms with van der Waals surface area (Å²) in [5, 5.41) is 2.74. The molecule has 2 heterocycles. The van der Waals surface area contributed by atoms with Crippen molar-refractivity contribution in [2.75, 3.05) is 45.8 Å². The first-order valence-electron chi connectivity index (χ1n) is 8.77. The fourth-order valence-corrected chi connectivity index (χ4v) is 2.63. The minimum absolute atomic E-state index is 0.185. The average molecular weight is 444 g/mol. The molecule has 1 fully saturated rings. The van der Waals surface area contributed by atoms with E-state index in [2.05, 4.69) is 20.3 Å². The summed E-state index contributed by atoms with van der Waals surface area (Å²) in [5.74, 6) is 0.578. The van der Waals surface area contributed by atoms with Crippen LogP contribution in [-0.2, 0) is 16.0 Å². The van der Waals surface area contributed by atoms with Crippen LogP contribution in [0.1, 0.15) is 5.56 Å². The molecule has 3 rings (SSSR count). The van der Waals surface area contributed by atoms with Crippen LogP contribution in [0.3, 0.4) is 0 Å². The molecule has 30 heavy (non-hydrogen) atoms. The van der Waals surface area contributed by atoms with Gasteiger partial charge in [0, 0.05) is 0 Å². The fourth-order valence-electron chi connectivity index (χ4n) is 2.63. The Kier molecular flexibility index (Phi) is 8.37. The summed E-state index contributed by atoms with van der Waals surface area (Å²) in [7, 11) is -1.42. The molecule has 0 spiro atoms. The highest BCUT2D eigenvalue weighted by molar-refractivity contribution is 5.90. The van der Waals surface area contributed by atoms with E-state index < -0.39 is 10.2 Å². The van der Waals surface area contributed by atoms with Crippen LogP contribution in [0.2, 0.25) is 0 Å². The van der Waals surface area contributed by atoms with Crippen molar-refractivity contribution in [2.45, 2.75) is 6.42 Å². The third kappa shape index (κ3) is 8.12. The van der Waals surface area contributed by atoms with Gasteiger partial charge in [0.15, 0.2) is 0 Å². The summed E-state index contributed by atoms with van der Waals surface area (Å²) < 4.78 is 45.1. The highest BCUT2D eigenvalue weighted by Crippen LogP contribution is 2.21. The van der Waals surface area contributed by atoms with Crippen molar-refractivity contribution < 1.29 is 43.1 Å². The Hall–Kier alpha value is -2.45. The van der Waals surface area contributed by atoms with Crippen LogP contribution in [0.4, 0.5) is 11.9 Å². The molecule has 1 saturated heterocycles. The van der Waals surface area contributed by atoms with Crippen molar-refractivity contribution >= 4 is 17.8 Å². The Balaban J connectivity index is 0.000000575. The number of likely N-dealkylation sites (N-methyl/N-ethyl adjacent to an activating group) is 1. The molecule has 1 N–H and O–H groups in total. The highest BCUT2D eigenvalue weighted by atomic mass is 35.7. The van der Waals surface area contributed by atoms with Crippen LogP contribution in [0.15, 0.2) is 30.3 Å². The molecular formula is C17H22ClN5O7. The molecule has 164 valence electrons. The lowest BCUT2D eigenvalue weighted by atomic mass is 10.1. The summed E-state index contributed by atoms with van der Waals surface area (Å²) in [6.07, 6.45) is 0.254. The lowest BCUT2D eigenvalue weighted by Crippen LogP contribution is -2.68. The summed E-state index contributed by atoms with van der Waals surface area (Å²) in [6.45, 7) is 2.79. The number of methoxy groups -OCH3 is 1. The molecule has 2 aromatic rings. The summed E-state index contributed by atoms with van der Waals surface area (Å²) in [6, 6.07) is 9.70. The van der Waals surface area contributed by atoms with Crippen LogP contribution < -0.4 is 33.2 Å². The summed E-state index contributed by atoms with van der Waals surface area (Å²) in [4.78, 5) is 25.2. The number of nitrogens with one attached hydrogen (secondary N) is 1. The quantitative estimate of drug-likeness (QED) is 0.451. The first-order valence-corrected chi connectivity index (χ1v) is 10.0. The minimum Gasteiger partial charge on any atom is -0.467 e. The molecule has 0 unspecified atom stereocenters. The first-order chi connectivity index (χ1) is 14.1. The highest BCUT2D eigenvalue weighted by Gasteiger charge is 2.32. The predicted molar refractivity (Wildman–Crippen MR) is 93.4 cm³/mol. The average Bonchev–Trinajstić information content (AvgIpc) is 2.67. The SMILES string of the molecule is COc1nc(NC(=O)Cc2ccccc2)nc([N+]2(C)CCOCC2)n1.[O-][Cl+3]([O-])([O-])[O-]. The van der Waals surface area contributed by atoms with Gasteiger partial charge in [-0.05, 0) is 5.56 Å². The zero-order chi connectivity index (χ0) is 22.2. The molecule has 1 aromatic heterocycles. The molecule has 0 radical (unpaired) electrons. The topological polar surface area (TPSA) is 178 Å². The second-order valence-electron chi connectivity index (χ2n) is 6.49. The van der Waals surface area contributed by atoms with Crippen LogP contribution >= 0.6 is 0 Å². The number of amides is 1. The van der Waals surface area contributed by atoms with Gasteiger partial charge in [0.05, 0.1) is 33.8 Å². The maximum atomic E-state index is 12.3. The third-order valence-corrected chi connectivity index (χ3v) is 4.19. The Morgan fingerprint density at radius 2 is 1.73 bits per heavy atom.